The molecule has 0 unspecified atom stereocenters. The molecule has 2 rings (SSSR count). The van der Waals surface area contributed by atoms with Crippen molar-refractivity contribution in [2.45, 2.75) is 50.2 Å². The van der Waals surface area contributed by atoms with Crippen molar-refractivity contribution in [1.29, 1.82) is 0 Å². The van der Waals surface area contributed by atoms with E-state index < -0.39 is 5.97 Å². The SMILES string of the molecule is CCc1nnc(SCC(=O)O)n1C1(C)CCC1. The number of hydrogen-bond acceptors (Lipinski definition) is 4. The van der Waals surface area contributed by atoms with Gasteiger partial charge in [0.1, 0.15) is 5.82 Å². The van der Waals surface area contributed by atoms with Crippen molar-refractivity contribution in [3.05, 3.63) is 5.82 Å². The number of rotatable bonds is 5. The van der Waals surface area contributed by atoms with Gasteiger partial charge in [-0.1, -0.05) is 18.7 Å². The Morgan fingerprint density at radius 1 is 1.53 bits per heavy atom. The van der Waals surface area contributed by atoms with E-state index in [1.54, 1.807) is 0 Å². The molecular weight excluding hydrogens is 238 g/mol. The second-order valence-corrected chi connectivity index (χ2v) is 5.56. The Morgan fingerprint density at radius 3 is 2.71 bits per heavy atom. The molecule has 17 heavy (non-hydrogen) atoms. The number of aryl methyl sites for hydroxylation is 1. The normalized spacial score (nSPS) is 17.8. The molecule has 6 heteroatoms. The molecule has 1 N–H and O–H groups in total. The van der Waals surface area contributed by atoms with E-state index in [1.807, 2.05) is 6.92 Å². The van der Waals surface area contributed by atoms with Crippen molar-refractivity contribution in [1.82, 2.24) is 14.8 Å². The molecule has 0 radical (unpaired) electrons. The maximum Gasteiger partial charge on any atom is 0.313 e. The highest BCUT2D eigenvalue weighted by molar-refractivity contribution is 7.99. The average Bonchev–Trinajstić information content (AvgIpc) is 2.66. The molecule has 1 aromatic rings. The smallest absolute Gasteiger partial charge is 0.313 e. The molecule has 0 amide bonds. The van der Waals surface area contributed by atoms with E-state index in [4.69, 9.17) is 5.11 Å². The maximum atomic E-state index is 10.6. The summed E-state index contributed by atoms with van der Waals surface area (Å²) in [5.74, 6) is 0.180. The van der Waals surface area contributed by atoms with Crippen LogP contribution in [0.25, 0.3) is 0 Å². The largest absolute Gasteiger partial charge is 0.481 e. The van der Waals surface area contributed by atoms with E-state index >= 15 is 0 Å². The summed E-state index contributed by atoms with van der Waals surface area (Å²) in [5.41, 5.74) is 0.0929. The van der Waals surface area contributed by atoms with Gasteiger partial charge in [-0.25, -0.2) is 0 Å². The topological polar surface area (TPSA) is 68.0 Å². The summed E-state index contributed by atoms with van der Waals surface area (Å²) in [6.45, 7) is 4.25. The fourth-order valence-electron chi connectivity index (χ4n) is 2.20. The summed E-state index contributed by atoms with van der Waals surface area (Å²) in [6, 6.07) is 0. The van der Waals surface area contributed by atoms with Crippen molar-refractivity contribution < 1.29 is 9.90 Å². The van der Waals surface area contributed by atoms with Gasteiger partial charge in [0.25, 0.3) is 0 Å². The van der Waals surface area contributed by atoms with Crippen LogP contribution >= 0.6 is 11.8 Å². The predicted molar refractivity (Wildman–Crippen MR) is 65.3 cm³/mol. The van der Waals surface area contributed by atoms with Gasteiger partial charge in [-0.3, -0.25) is 4.79 Å². The molecule has 1 aliphatic rings. The molecule has 1 saturated carbocycles. The summed E-state index contributed by atoms with van der Waals surface area (Å²) in [4.78, 5) is 10.6. The number of hydrogen-bond donors (Lipinski definition) is 1. The highest BCUT2D eigenvalue weighted by Crippen LogP contribution is 2.41. The molecule has 0 aliphatic heterocycles. The molecule has 0 spiro atoms. The van der Waals surface area contributed by atoms with Gasteiger partial charge in [-0.2, -0.15) is 0 Å². The minimum atomic E-state index is -0.818. The number of carboxylic acid groups (broad SMARTS) is 1. The zero-order valence-electron chi connectivity index (χ0n) is 10.1. The highest BCUT2D eigenvalue weighted by atomic mass is 32.2. The van der Waals surface area contributed by atoms with Crippen LogP contribution in [-0.4, -0.2) is 31.6 Å². The van der Waals surface area contributed by atoms with E-state index in [-0.39, 0.29) is 11.3 Å². The van der Waals surface area contributed by atoms with Crippen LogP contribution in [0.5, 0.6) is 0 Å². The number of aliphatic carboxylic acids is 1. The molecule has 1 aromatic heterocycles. The summed E-state index contributed by atoms with van der Waals surface area (Å²) >= 11 is 1.26. The molecule has 0 aromatic carbocycles. The van der Waals surface area contributed by atoms with Crippen molar-refractivity contribution >= 4 is 17.7 Å². The number of nitrogens with zero attached hydrogens (tertiary/aromatic N) is 3. The van der Waals surface area contributed by atoms with Crippen molar-refractivity contribution in [2.75, 3.05) is 5.75 Å². The van der Waals surface area contributed by atoms with Gasteiger partial charge in [0, 0.05) is 12.0 Å². The molecule has 5 nitrogen and oxygen atoms in total. The second kappa shape index (κ2) is 4.68. The zero-order valence-corrected chi connectivity index (χ0v) is 11.0. The molecule has 0 atom stereocenters. The van der Waals surface area contributed by atoms with Crippen LogP contribution in [0.2, 0.25) is 0 Å². The third-order valence-electron chi connectivity index (χ3n) is 3.31. The first-order chi connectivity index (χ1) is 8.07. The summed E-state index contributed by atoms with van der Waals surface area (Å²) in [6.07, 6.45) is 4.30. The van der Waals surface area contributed by atoms with E-state index in [1.165, 1.54) is 18.2 Å². The van der Waals surface area contributed by atoms with Crippen molar-refractivity contribution in [3.63, 3.8) is 0 Å². The Hall–Kier alpha value is -1.04. The number of thioether (sulfide) groups is 1. The van der Waals surface area contributed by atoms with Gasteiger partial charge >= 0.3 is 5.97 Å². The Labute approximate surface area is 105 Å². The predicted octanol–water partition coefficient (Wildman–Crippen LogP) is 1.92. The van der Waals surface area contributed by atoms with Gasteiger partial charge in [-0.05, 0) is 26.2 Å². The van der Waals surface area contributed by atoms with E-state index in [9.17, 15) is 4.79 Å². The van der Waals surface area contributed by atoms with Crippen LogP contribution in [0.15, 0.2) is 5.16 Å². The fourth-order valence-corrected chi connectivity index (χ4v) is 3.01. The number of aromatic nitrogens is 3. The lowest BCUT2D eigenvalue weighted by Gasteiger charge is -2.41. The van der Waals surface area contributed by atoms with Crippen molar-refractivity contribution in [3.8, 4) is 0 Å². The van der Waals surface area contributed by atoms with Crippen molar-refractivity contribution in [2.24, 2.45) is 0 Å². The minimum Gasteiger partial charge on any atom is -0.481 e. The molecular formula is C11H17N3O2S. The summed E-state index contributed by atoms with van der Waals surface area (Å²) in [5, 5.41) is 17.7. The molecule has 0 saturated heterocycles. The summed E-state index contributed by atoms with van der Waals surface area (Å²) < 4.78 is 2.14. The first-order valence-corrected chi connectivity index (χ1v) is 6.85. The molecule has 0 bridgehead atoms. The molecule has 94 valence electrons. The Kier molecular flexibility index (Phi) is 3.42. The molecule has 1 aliphatic carbocycles. The van der Waals surface area contributed by atoms with E-state index in [0.717, 1.165) is 30.2 Å². The maximum absolute atomic E-state index is 10.6. The fraction of sp³-hybridized carbons (Fsp3) is 0.727. The van der Waals surface area contributed by atoms with Crippen LogP contribution in [-0.2, 0) is 16.8 Å². The second-order valence-electron chi connectivity index (χ2n) is 4.62. The van der Waals surface area contributed by atoms with Gasteiger partial charge in [0.15, 0.2) is 5.16 Å². The zero-order chi connectivity index (χ0) is 12.5. The lowest BCUT2D eigenvalue weighted by atomic mass is 9.78. The van der Waals surface area contributed by atoms with Crippen LogP contribution in [0.1, 0.15) is 38.9 Å². The Balaban J connectivity index is 2.26. The number of carbonyl (C=O) groups is 1. The minimum absolute atomic E-state index is 0.0396. The van der Waals surface area contributed by atoms with Gasteiger partial charge in [0.2, 0.25) is 0 Å². The highest BCUT2D eigenvalue weighted by Gasteiger charge is 2.37. The van der Waals surface area contributed by atoms with Gasteiger partial charge in [-0.15, -0.1) is 10.2 Å². The third kappa shape index (κ3) is 2.31. The van der Waals surface area contributed by atoms with Crippen LogP contribution in [0.3, 0.4) is 0 Å². The first-order valence-electron chi connectivity index (χ1n) is 5.86. The Bertz CT molecular complexity index is 426. The Morgan fingerprint density at radius 2 is 2.24 bits per heavy atom. The quantitative estimate of drug-likeness (QED) is 0.814. The first kappa shape index (κ1) is 12.4. The van der Waals surface area contributed by atoms with Gasteiger partial charge < -0.3 is 9.67 Å². The van der Waals surface area contributed by atoms with Crippen LogP contribution in [0.4, 0.5) is 0 Å². The average molecular weight is 255 g/mol. The molecule has 1 fully saturated rings. The standard InChI is InChI=1S/C11H17N3O2S/c1-3-8-12-13-10(17-7-9(15)16)14(8)11(2)5-4-6-11/h3-7H2,1-2H3,(H,15,16). The summed E-state index contributed by atoms with van der Waals surface area (Å²) in [7, 11) is 0. The van der Waals surface area contributed by atoms with E-state index in [0.29, 0.717) is 0 Å². The van der Waals surface area contributed by atoms with Crippen LogP contribution in [0, 0.1) is 0 Å². The van der Waals surface area contributed by atoms with Gasteiger partial charge in [0.05, 0.1) is 5.75 Å². The van der Waals surface area contributed by atoms with E-state index in [2.05, 4.69) is 21.7 Å². The van der Waals surface area contributed by atoms with Crippen LogP contribution < -0.4 is 0 Å². The lowest BCUT2D eigenvalue weighted by Crippen LogP contribution is -2.39. The molecule has 1 heterocycles. The number of carboxylic acids is 1. The third-order valence-corrected chi connectivity index (χ3v) is 4.23. The monoisotopic (exact) mass is 255 g/mol. The lowest BCUT2D eigenvalue weighted by molar-refractivity contribution is -0.133.